The number of ketones is 1. The summed E-state index contributed by atoms with van der Waals surface area (Å²) >= 11 is 1.73. The van der Waals surface area contributed by atoms with Crippen LogP contribution in [-0.2, 0) is 12.3 Å². The molecule has 1 heterocycles. The zero-order valence-corrected chi connectivity index (χ0v) is 12.3. The predicted octanol–water partition coefficient (Wildman–Crippen LogP) is 3.71. The van der Waals surface area contributed by atoms with Crippen molar-refractivity contribution >= 4 is 17.5 Å². The van der Waals surface area contributed by atoms with Crippen molar-refractivity contribution in [1.29, 1.82) is 0 Å². The van der Waals surface area contributed by atoms with Gasteiger partial charge >= 0.3 is 0 Å². The number of hydrogen-bond donors (Lipinski definition) is 0. The fourth-order valence-corrected chi connectivity index (χ4v) is 2.88. The Kier molecular flexibility index (Phi) is 4.43. The normalized spacial score (nSPS) is 10.7. The van der Waals surface area contributed by atoms with Crippen LogP contribution in [0.1, 0.15) is 35.6 Å². The first kappa shape index (κ1) is 13.9. The van der Waals surface area contributed by atoms with E-state index in [0.29, 0.717) is 0 Å². The van der Waals surface area contributed by atoms with E-state index in [0.717, 1.165) is 28.5 Å². The minimum atomic E-state index is 0.108. The lowest BCUT2D eigenvalue weighted by molar-refractivity contribution is 0.101. The number of Topliss-reactive ketones (excluding diaryl/α,β-unsaturated/α-hetero) is 1. The summed E-state index contributed by atoms with van der Waals surface area (Å²) in [5.74, 6) is 0.979. The lowest BCUT2D eigenvalue weighted by Gasteiger charge is -2.05. The largest absolute Gasteiger partial charge is 0.295 e. The van der Waals surface area contributed by atoms with Crippen molar-refractivity contribution in [3.8, 4) is 0 Å². The van der Waals surface area contributed by atoms with Crippen LogP contribution in [0.2, 0.25) is 0 Å². The first-order valence-electron chi connectivity index (χ1n) is 6.37. The molecular weight excluding hydrogens is 256 g/mol. The Morgan fingerprint density at radius 2 is 2.16 bits per heavy atom. The molecule has 1 aromatic carbocycles. The molecule has 0 unspecified atom stereocenters. The van der Waals surface area contributed by atoms with Crippen LogP contribution in [0.4, 0.5) is 0 Å². The number of nitrogens with zero attached hydrogens (tertiary/aromatic N) is 2. The Morgan fingerprint density at radius 3 is 2.84 bits per heavy atom. The molecule has 0 bridgehead atoms. The number of hydrogen-bond acceptors (Lipinski definition) is 3. The van der Waals surface area contributed by atoms with Gasteiger partial charge in [-0.25, -0.2) is 0 Å². The van der Waals surface area contributed by atoms with Gasteiger partial charge in [0.1, 0.15) is 0 Å². The van der Waals surface area contributed by atoms with Gasteiger partial charge in [-0.3, -0.25) is 9.48 Å². The molecule has 0 aliphatic rings. The SMILES string of the molecule is CCn1nc(C)cc1CSc1cccc(C(C)=O)c1. The van der Waals surface area contributed by atoms with E-state index in [2.05, 4.69) is 18.1 Å². The second-order valence-electron chi connectivity index (χ2n) is 4.47. The van der Waals surface area contributed by atoms with Crippen molar-refractivity contribution in [3.05, 3.63) is 47.3 Å². The summed E-state index contributed by atoms with van der Waals surface area (Å²) in [5.41, 5.74) is 3.04. The average molecular weight is 274 g/mol. The molecule has 0 fully saturated rings. The van der Waals surface area contributed by atoms with Gasteiger partial charge in [-0.15, -0.1) is 11.8 Å². The molecule has 0 aliphatic carbocycles. The first-order chi connectivity index (χ1) is 9.10. The topological polar surface area (TPSA) is 34.9 Å². The number of aromatic nitrogens is 2. The van der Waals surface area contributed by atoms with Crippen LogP contribution in [-0.4, -0.2) is 15.6 Å². The van der Waals surface area contributed by atoms with Gasteiger partial charge < -0.3 is 0 Å². The summed E-state index contributed by atoms with van der Waals surface area (Å²) in [7, 11) is 0. The minimum absolute atomic E-state index is 0.108. The van der Waals surface area contributed by atoms with Crippen molar-refractivity contribution < 1.29 is 4.79 Å². The summed E-state index contributed by atoms with van der Waals surface area (Å²) in [6.45, 7) is 6.59. The molecule has 0 aliphatic heterocycles. The third-order valence-electron chi connectivity index (χ3n) is 2.91. The molecule has 19 heavy (non-hydrogen) atoms. The molecular formula is C15H18N2OS. The lowest BCUT2D eigenvalue weighted by atomic mass is 10.2. The molecule has 1 aromatic heterocycles. The molecule has 0 N–H and O–H groups in total. The minimum Gasteiger partial charge on any atom is -0.295 e. The predicted molar refractivity (Wildman–Crippen MR) is 78.6 cm³/mol. The zero-order valence-electron chi connectivity index (χ0n) is 11.5. The van der Waals surface area contributed by atoms with Crippen molar-refractivity contribution in [2.45, 2.75) is 38.0 Å². The van der Waals surface area contributed by atoms with Crippen LogP contribution in [0.3, 0.4) is 0 Å². The quantitative estimate of drug-likeness (QED) is 0.616. The maximum atomic E-state index is 11.4. The molecule has 2 rings (SSSR count). The maximum absolute atomic E-state index is 11.4. The van der Waals surface area contributed by atoms with Crippen LogP contribution < -0.4 is 0 Å². The van der Waals surface area contributed by atoms with E-state index >= 15 is 0 Å². The first-order valence-corrected chi connectivity index (χ1v) is 7.36. The van der Waals surface area contributed by atoms with Crippen molar-refractivity contribution in [1.82, 2.24) is 9.78 Å². The van der Waals surface area contributed by atoms with E-state index in [4.69, 9.17) is 0 Å². The molecule has 100 valence electrons. The summed E-state index contributed by atoms with van der Waals surface area (Å²) in [4.78, 5) is 12.5. The van der Waals surface area contributed by atoms with Crippen LogP contribution in [0.25, 0.3) is 0 Å². The van der Waals surface area contributed by atoms with Gasteiger partial charge in [-0.2, -0.15) is 5.10 Å². The molecule has 4 heteroatoms. The molecule has 0 saturated carbocycles. The fourth-order valence-electron chi connectivity index (χ4n) is 1.95. The van der Waals surface area contributed by atoms with Gasteiger partial charge in [-0.05, 0) is 39.0 Å². The third-order valence-corrected chi connectivity index (χ3v) is 3.94. The van der Waals surface area contributed by atoms with Crippen molar-refractivity contribution in [2.24, 2.45) is 0 Å². The lowest BCUT2D eigenvalue weighted by Crippen LogP contribution is -2.01. The van der Waals surface area contributed by atoms with Gasteiger partial charge in [0.15, 0.2) is 5.78 Å². The smallest absolute Gasteiger partial charge is 0.159 e. The summed E-state index contributed by atoms with van der Waals surface area (Å²) in [6, 6.07) is 9.89. The van der Waals surface area contributed by atoms with Crippen LogP contribution in [0.5, 0.6) is 0 Å². The number of rotatable bonds is 5. The van der Waals surface area contributed by atoms with Crippen LogP contribution in [0, 0.1) is 6.92 Å². The highest BCUT2D eigenvalue weighted by molar-refractivity contribution is 7.98. The molecule has 0 amide bonds. The molecule has 0 radical (unpaired) electrons. The van der Waals surface area contributed by atoms with Crippen molar-refractivity contribution in [2.75, 3.05) is 0 Å². The number of benzene rings is 1. The fraction of sp³-hybridized carbons (Fsp3) is 0.333. The Labute approximate surface area is 118 Å². The van der Waals surface area contributed by atoms with Gasteiger partial charge in [0, 0.05) is 28.5 Å². The van der Waals surface area contributed by atoms with Gasteiger partial charge in [0.25, 0.3) is 0 Å². The number of aryl methyl sites for hydroxylation is 2. The number of carbonyl (C=O) groups excluding carboxylic acids is 1. The number of thioether (sulfide) groups is 1. The van der Waals surface area contributed by atoms with E-state index in [1.807, 2.05) is 35.9 Å². The zero-order chi connectivity index (χ0) is 13.8. The van der Waals surface area contributed by atoms with Gasteiger partial charge in [-0.1, -0.05) is 12.1 Å². The molecule has 2 aromatic rings. The Morgan fingerprint density at radius 1 is 1.37 bits per heavy atom. The maximum Gasteiger partial charge on any atom is 0.159 e. The van der Waals surface area contributed by atoms with Crippen LogP contribution in [0.15, 0.2) is 35.2 Å². The highest BCUT2D eigenvalue weighted by Crippen LogP contribution is 2.24. The number of carbonyl (C=O) groups is 1. The summed E-state index contributed by atoms with van der Waals surface area (Å²) in [5, 5.41) is 4.44. The summed E-state index contributed by atoms with van der Waals surface area (Å²) in [6.07, 6.45) is 0. The van der Waals surface area contributed by atoms with Crippen molar-refractivity contribution in [3.63, 3.8) is 0 Å². The molecule has 3 nitrogen and oxygen atoms in total. The second-order valence-corrected chi connectivity index (χ2v) is 5.51. The standard InChI is InChI=1S/C15H18N2OS/c1-4-17-14(8-11(2)16-17)10-19-15-7-5-6-13(9-15)12(3)18/h5-9H,4,10H2,1-3H3. The highest BCUT2D eigenvalue weighted by Gasteiger charge is 2.06. The van der Waals surface area contributed by atoms with E-state index in [1.165, 1.54) is 5.69 Å². The second kappa shape index (κ2) is 6.06. The molecule has 0 saturated heterocycles. The Bertz CT molecular complexity index is 590. The van der Waals surface area contributed by atoms with E-state index in [9.17, 15) is 4.79 Å². The Balaban J connectivity index is 2.09. The van der Waals surface area contributed by atoms with E-state index < -0.39 is 0 Å². The highest BCUT2D eigenvalue weighted by atomic mass is 32.2. The molecule has 0 spiro atoms. The summed E-state index contributed by atoms with van der Waals surface area (Å²) < 4.78 is 2.02. The van der Waals surface area contributed by atoms with E-state index in [-0.39, 0.29) is 5.78 Å². The monoisotopic (exact) mass is 274 g/mol. The third kappa shape index (κ3) is 3.47. The Hall–Kier alpha value is -1.55. The van der Waals surface area contributed by atoms with Gasteiger partial charge in [0.2, 0.25) is 0 Å². The van der Waals surface area contributed by atoms with Crippen LogP contribution >= 0.6 is 11.8 Å². The molecule has 0 atom stereocenters. The average Bonchev–Trinajstić information content (AvgIpc) is 2.77. The van der Waals surface area contributed by atoms with E-state index in [1.54, 1.807) is 18.7 Å². The van der Waals surface area contributed by atoms with Gasteiger partial charge in [0.05, 0.1) is 5.69 Å².